The molecule has 1 amide bonds. The second-order valence-corrected chi connectivity index (χ2v) is 7.33. The monoisotopic (exact) mass is 407 g/mol. The number of aromatic nitrogens is 3. The molecule has 3 rings (SSSR count). The van der Waals surface area contributed by atoms with Gasteiger partial charge in [0.15, 0.2) is 5.82 Å². The Hall–Kier alpha value is -3.44. The van der Waals surface area contributed by atoms with E-state index in [1.54, 1.807) is 25.4 Å². The van der Waals surface area contributed by atoms with Crippen molar-refractivity contribution in [3.05, 3.63) is 68.8 Å². The van der Waals surface area contributed by atoms with Crippen molar-refractivity contribution in [2.45, 2.75) is 32.6 Å². The summed E-state index contributed by atoms with van der Waals surface area (Å²) in [4.78, 5) is 29.4. The number of nitrogens with one attached hydrogen (secondary N) is 2. The summed E-state index contributed by atoms with van der Waals surface area (Å²) in [5.41, 5.74) is 3.48. The summed E-state index contributed by atoms with van der Waals surface area (Å²) in [6.45, 7) is 4.95. The summed E-state index contributed by atoms with van der Waals surface area (Å²) < 4.78 is 6.32. The van der Waals surface area contributed by atoms with Crippen LogP contribution >= 0.6 is 0 Å². The van der Waals surface area contributed by atoms with Crippen LogP contribution in [0.25, 0.3) is 5.82 Å². The average molecular weight is 407 g/mol. The van der Waals surface area contributed by atoms with E-state index in [4.69, 9.17) is 4.74 Å². The van der Waals surface area contributed by atoms with E-state index >= 15 is 0 Å². The lowest BCUT2D eigenvalue weighted by Gasteiger charge is -2.21. The molecule has 1 aliphatic rings. The molecule has 2 heterocycles. The number of carbonyl (C=O) groups excluding carboxylic acids is 1. The summed E-state index contributed by atoms with van der Waals surface area (Å²) in [6, 6.07) is 5.47. The zero-order chi connectivity index (χ0) is 21.7. The van der Waals surface area contributed by atoms with E-state index in [1.807, 2.05) is 19.9 Å². The van der Waals surface area contributed by atoms with Crippen molar-refractivity contribution in [3.8, 4) is 11.9 Å². The number of pyridine rings is 1. The molecule has 30 heavy (non-hydrogen) atoms. The molecule has 1 aliphatic carbocycles. The predicted octanol–water partition coefficient (Wildman–Crippen LogP) is 2.60. The predicted molar refractivity (Wildman–Crippen MR) is 112 cm³/mol. The Kier molecular flexibility index (Phi) is 6.65. The van der Waals surface area contributed by atoms with Crippen molar-refractivity contribution in [1.29, 1.82) is 5.26 Å². The van der Waals surface area contributed by atoms with Crippen molar-refractivity contribution in [2.24, 2.45) is 0 Å². The highest BCUT2D eigenvalue weighted by molar-refractivity contribution is 5.93. The average Bonchev–Trinajstić information content (AvgIpc) is 3.13. The van der Waals surface area contributed by atoms with Gasteiger partial charge in [-0.3, -0.25) is 14.7 Å². The van der Waals surface area contributed by atoms with E-state index in [-0.39, 0.29) is 17.4 Å². The van der Waals surface area contributed by atoms with Gasteiger partial charge < -0.3 is 10.1 Å². The Morgan fingerprint density at radius 1 is 1.43 bits per heavy atom. The maximum Gasteiger partial charge on any atom is 0.276 e. The molecule has 1 unspecified atom stereocenters. The second kappa shape index (κ2) is 9.37. The molecule has 8 heteroatoms. The standard InChI is InChI=1S/C22H25N5O3/c1-14-10-18(15(2)9-17(14)11-23)19-13-26-27(22(19)29)20-6-5-16(12-25-20)21(28)24-7-4-8-30-3/h5-6,9,12-13,18,26H,4,7-8,10H2,1-3H3,(H,24,28). The largest absolute Gasteiger partial charge is 0.385 e. The summed E-state index contributed by atoms with van der Waals surface area (Å²) in [5, 5.41) is 15.0. The van der Waals surface area contributed by atoms with Gasteiger partial charge in [-0.15, -0.1) is 0 Å². The van der Waals surface area contributed by atoms with Crippen LogP contribution in [-0.2, 0) is 4.74 Å². The van der Waals surface area contributed by atoms with Crippen molar-refractivity contribution in [3.63, 3.8) is 0 Å². The van der Waals surface area contributed by atoms with Crippen LogP contribution in [0.2, 0.25) is 0 Å². The van der Waals surface area contributed by atoms with Gasteiger partial charge in [-0.05, 0) is 44.9 Å². The van der Waals surface area contributed by atoms with Gasteiger partial charge in [0.05, 0.1) is 17.2 Å². The number of allylic oxidation sites excluding steroid dienone is 4. The molecule has 156 valence electrons. The quantitative estimate of drug-likeness (QED) is 0.685. The molecule has 0 saturated carbocycles. The number of hydrogen-bond donors (Lipinski definition) is 2. The third-order valence-corrected chi connectivity index (χ3v) is 5.24. The minimum absolute atomic E-state index is 0.0794. The summed E-state index contributed by atoms with van der Waals surface area (Å²) in [5.74, 6) is 0.108. The second-order valence-electron chi connectivity index (χ2n) is 7.33. The molecule has 2 aromatic heterocycles. The molecule has 2 N–H and O–H groups in total. The maximum atomic E-state index is 13.0. The van der Waals surface area contributed by atoms with Gasteiger partial charge in [0.1, 0.15) is 0 Å². The van der Waals surface area contributed by atoms with Crippen molar-refractivity contribution < 1.29 is 9.53 Å². The molecule has 0 bridgehead atoms. The zero-order valence-corrected chi connectivity index (χ0v) is 17.4. The molecule has 0 saturated heterocycles. The van der Waals surface area contributed by atoms with E-state index < -0.39 is 0 Å². The van der Waals surface area contributed by atoms with Gasteiger partial charge in [-0.1, -0.05) is 11.1 Å². The van der Waals surface area contributed by atoms with Crippen LogP contribution in [0.5, 0.6) is 0 Å². The molecule has 1 atom stereocenters. The van der Waals surface area contributed by atoms with Crippen LogP contribution in [0.4, 0.5) is 0 Å². The smallest absolute Gasteiger partial charge is 0.276 e. The lowest BCUT2D eigenvalue weighted by molar-refractivity contribution is 0.0948. The zero-order valence-electron chi connectivity index (χ0n) is 17.4. The van der Waals surface area contributed by atoms with E-state index in [1.165, 1.54) is 10.9 Å². The Morgan fingerprint density at radius 3 is 2.90 bits per heavy atom. The van der Waals surface area contributed by atoms with Crippen molar-refractivity contribution in [2.75, 3.05) is 20.3 Å². The minimum atomic E-state index is -0.219. The summed E-state index contributed by atoms with van der Waals surface area (Å²) in [7, 11) is 1.62. The van der Waals surface area contributed by atoms with Crippen LogP contribution in [-0.4, -0.2) is 40.9 Å². The van der Waals surface area contributed by atoms with Crippen LogP contribution in [0.3, 0.4) is 0 Å². The fourth-order valence-electron chi connectivity index (χ4n) is 3.49. The molecule has 8 nitrogen and oxygen atoms in total. The van der Waals surface area contributed by atoms with Gasteiger partial charge >= 0.3 is 0 Å². The van der Waals surface area contributed by atoms with Gasteiger partial charge in [0.2, 0.25) is 0 Å². The highest BCUT2D eigenvalue weighted by atomic mass is 16.5. The molecular formula is C22H25N5O3. The number of methoxy groups -OCH3 is 1. The molecule has 2 aromatic rings. The Bertz CT molecular complexity index is 1080. The number of nitrogens with zero attached hydrogens (tertiary/aromatic N) is 3. The number of rotatable bonds is 7. The van der Waals surface area contributed by atoms with Crippen LogP contribution in [0.1, 0.15) is 48.5 Å². The van der Waals surface area contributed by atoms with Crippen LogP contribution in [0.15, 0.2) is 52.1 Å². The first-order valence-electron chi connectivity index (χ1n) is 9.78. The number of amides is 1. The highest BCUT2D eigenvalue weighted by Crippen LogP contribution is 2.34. The number of nitriles is 1. The van der Waals surface area contributed by atoms with Gasteiger partial charge in [0.25, 0.3) is 11.5 Å². The number of carbonyl (C=O) groups is 1. The molecule has 0 radical (unpaired) electrons. The molecular weight excluding hydrogens is 382 g/mol. The minimum Gasteiger partial charge on any atom is -0.385 e. The fourth-order valence-corrected chi connectivity index (χ4v) is 3.49. The van der Waals surface area contributed by atoms with E-state index in [9.17, 15) is 14.9 Å². The fraction of sp³-hybridized carbons (Fsp3) is 0.364. The van der Waals surface area contributed by atoms with E-state index in [0.29, 0.717) is 42.1 Å². The summed E-state index contributed by atoms with van der Waals surface area (Å²) >= 11 is 0. The number of aromatic amines is 1. The number of H-pyrrole nitrogens is 1. The molecule has 0 fully saturated rings. The Labute approximate surface area is 174 Å². The third-order valence-electron chi connectivity index (χ3n) is 5.24. The summed E-state index contributed by atoms with van der Waals surface area (Å²) in [6.07, 6.45) is 6.35. The first-order valence-corrected chi connectivity index (χ1v) is 9.78. The van der Waals surface area contributed by atoms with E-state index in [2.05, 4.69) is 21.5 Å². The third kappa shape index (κ3) is 4.42. The molecule has 0 aromatic carbocycles. The Balaban J connectivity index is 1.76. The van der Waals surface area contributed by atoms with Gasteiger partial charge in [0, 0.05) is 44.1 Å². The lowest BCUT2D eigenvalue weighted by atomic mass is 9.82. The van der Waals surface area contributed by atoms with Gasteiger partial charge in [-0.2, -0.15) is 5.26 Å². The van der Waals surface area contributed by atoms with Crippen LogP contribution in [0, 0.1) is 11.3 Å². The highest BCUT2D eigenvalue weighted by Gasteiger charge is 2.25. The number of hydrogen-bond acceptors (Lipinski definition) is 5. The van der Waals surface area contributed by atoms with Crippen molar-refractivity contribution >= 4 is 5.91 Å². The topological polar surface area (TPSA) is 113 Å². The SMILES string of the molecule is COCCCNC(=O)c1ccc(-n2[nH]cc(C3CC(C)=C(C#N)C=C3C)c2=O)nc1. The first kappa shape index (κ1) is 21.3. The maximum absolute atomic E-state index is 13.0. The van der Waals surface area contributed by atoms with Crippen LogP contribution < -0.4 is 10.9 Å². The van der Waals surface area contributed by atoms with E-state index in [0.717, 1.165) is 17.6 Å². The normalized spacial score (nSPS) is 16.2. The number of ether oxygens (including phenoxy) is 1. The van der Waals surface area contributed by atoms with Gasteiger partial charge in [-0.25, -0.2) is 9.67 Å². The Morgan fingerprint density at radius 2 is 2.23 bits per heavy atom. The first-order chi connectivity index (χ1) is 14.5. The molecule has 0 spiro atoms. The van der Waals surface area contributed by atoms with Crippen molar-refractivity contribution in [1.82, 2.24) is 20.1 Å². The molecule has 0 aliphatic heterocycles. The lowest BCUT2D eigenvalue weighted by Crippen LogP contribution is -2.25.